The topological polar surface area (TPSA) is 110 Å². The Kier molecular flexibility index (Phi) is 8.08. The Morgan fingerprint density at radius 2 is 1.19 bits per heavy atom. The van der Waals surface area contributed by atoms with Crippen LogP contribution in [0.5, 0.6) is 0 Å². The number of hydrogen-bond donors (Lipinski definition) is 0. The second-order valence-corrected chi connectivity index (χ2v) is 13.7. The van der Waals surface area contributed by atoms with Crippen LogP contribution in [0, 0.1) is 0 Å². The van der Waals surface area contributed by atoms with Crippen molar-refractivity contribution in [3.63, 3.8) is 0 Å². The minimum Gasteiger partial charge on any atom is -0.459 e. The summed E-state index contributed by atoms with van der Waals surface area (Å²) >= 11 is 0. The van der Waals surface area contributed by atoms with Gasteiger partial charge in [-0.3, -0.25) is 9.98 Å². The number of hydrogen-bond acceptors (Lipinski definition) is 10. The molecule has 4 aliphatic rings. The molecule has 2 saturated carbocycles. The molecule has 2 aromatic heterocycles. The highest BCUT2D eigenvalue weighted by molar-refractivity contribution is 6.10. The van der Waals surface area contributed by atoms with E-state index in [4.69, 9.17) is 29.4 Å². The number of nitrogens with zero attached hydrogens (tertiary/aromatic N) is 6. The Balaban J connectivity index is 1.23. The number of piperidine rings is 2. The van der Waals surface area contributed by atoms with Gasteiger partial charge in [0.15, 0.2) is 0 Å². The molecule has 7 rings (SSSR count). The van der Waals surface area contributed by atoms with Crippen LogP contribution < -0.4 is 9.80 Å². The number of rotatable bonds is 10. The third kappa shape index (κ3) is 5.07. The molecule has 2 saturated heterocycles. The van der Waals surface area contributed by atoms with Gasteiger partial charge in [0.1, 0.15) is 22.8 Å². The van der Waals surface area contributed by atoms with Crippen molar-refractivity contribution in [3.05, 3.63) is 83.2 Å². The van der Waals surface area contributed by atoms with Gasteiger partial charge in [0, 0.05) is 49.0 Å². The Morgan fingerprint density at radius 3 is 1.58 bits per heavy atom. The lowest BCUT2D eigenvalue weighted by molar-refractivity contribution is 0.0367. The first-order chi connectivity index (χ1) is 23.1. The number of esters is 2. The van der Waals surface area contributed by atoms with E-state index in [1.54, 1.807) is 36.7 Å². The number of benzene rings is 1. The molecular formula is C38H44N6O4. The molecule has 2 unspecified atom stereocenters. The molecule has 0 amide bonds. The van der Waals surface area contributed by atoms with Crippen molar-refractivity contribution in [1.82, 2.24) is 9.97 Å². The van der Waals surface area contributed by atoms with Crippen LogP contribution in [0.15, 0.2) is 70.9 Å². The average molecular weight is 649 g/mol. The number of anilines is 2. The minimum atomic E-state index is -0.358. The monoisotopic (exact) mass is 648 g/mol. The molecule has 48 heavy (non-hydrogen) atoms. The lowest BCUT2D eigenvalue weighted by Gasteiger charge is -2.21. The highest BCUT2D eigenvalue weighted by Gasteiger charge is 2.69. The fourth-order valence-electron chi connectivity index (χ4n) is 8.05. The Bertz CT molecular complexity index is 1690. The van der Waals surface area contributed by atoms with Gasteiger partial charge in [0.05, 0.1) is 36.1 Å². The zero-order chi connectivity index (χ0) is 33.8. The van der Waals surface area contributed by atoms with Crippen LogP contribution in [0.4, 0.5) is 11.6 Å². The van der Waals surface area contributed by atoms with Gasteiger partial charge >= 0.3 is 11.9 Å². The number of pyridine rings is 2. The summed E-state index contributed by atoms with van der Waals surface area (Å²) in [5.74, 6) is 0.588. The maximum Gasteiger partial charge on any atom is 0.342 e. The number of carbonyl (C=O) groups is 2. The van der Waals surface area contributed by atoms with E-state index >= 15 is 0 Å². The van der Waals surface area contributed by atoms with Crippen molar-refractivity contribution in [1.29, 1.82) is 0 Å². The van der Waals surface area contributed by atoms with E-state index in [-0.39, 0.29) is 47.1 Å². The molecule has 10 heteroatoms. The smallest absolute Gasteiger partial charge is 0.342 e. The summed E-state index contributed by atoms with van der Waals surface area (Å²) in [4.78, 5) is 50.2. The molecule has 0 N–H and O–H groups in total. The summed E-state index contributed by atoms with van der Waals surface area (Å²) in [5, 5.41) is 0. The zero-order valence-electron chi connectivity index (χ0n) is 28.6. The van der Waals surface area contributed by atoms with Crippen molar-refractivity contribution < 1.29 is 19.1 Å². The molecule has 0 radical (unpaired) electrons. The van der Waals surface area contributed by atoms with E-state index in [1.165, 1.54) is 11.1 Å². The lowest BCUT2D eigenvalue weighted by atomic mass is 9.85. The highest BCUT2D eigenvalue weighted by Crippen LogP contribution is 2.61. The third-order valence-electron chi connectivity index (χ3n) is 10.1. The number of aliphatic imine (C=N–C) groups is 2. The van der Waals surface area contributed by atoms with E-state index in [1.807, 2.05) is 27.7 Å². The van der Waals surface area contributed by atoms with Crippen molar-refractivity contribution in [2.24, 2.45) is 9.98 Å². The van der Waals surface area contributed by atoms with Crippen LogP contribution in [0.3, 0.4) is 0 Å². The molecule has 1 aromatic carbocycles. The Labute approximate surface area is 282 Å². The van der Waals surface area contributed by atoms with Crippen LogP contribution in [-0.4, -0.2) is 83.8 Å². The van der Waals surface area contributed by atoms with Crippen LogP contribution >= 0.6 is 0 Å². The summed E-state index contributed by atoms with van der Waals surface area (Å²) in [7, 11) is 0. The fourth-order valence-corrected chi connectivity index (χ4v) is 8.05. The predicted molar refractivity (Wildman–Crippen MR) is 187 cm³/mol. The van der Waals surface area contributed by atoms with Gasteiger partial charge in [-0.05, 0) is 89.8 Å². The second-order valence-electron chi connectivity index (χ2n) is 13.7. The predicted octanol–water partition coefficient (Wildman–Crippen LogP) is 5.59. The normalized spacial score (nSPS) is 27.1. The van der Waals surface area contributed by atoms with Crippen molar-refractivity contribution in [2.45, 2.75) is 89.5 Å². The summed E-state index contributed by atoms with van der Waals surface area (Å²) < 4.78 is 11.2. The van der Waals surface area contributed by atoms with Gasteiger partial charge in [0.2, 0.25) is 0 Å². The zero-order valence-corrected chi connectivity index (χ0v) is 28.6. The largest absolute Gasteiger partial charge is 0.459 e. The van der Waals surface area contributed by atoms with Crippen molar-refractivity contribution in [2.75, 3.05) is 36.0 Å². The van der Waals surface area contributed by atoms with Gasteiger partial charge in [-0.15, -0.1) is 0 Å². The van der Waals surface area contributed by atoms with E-state index in [2.05, 4.69) is 47.9 Å². The first kappa shape index (κ1) is 32.0. The molecule has 0 bridgehead atoms. The summed E-state index contributed by atoms with van der Waals surface area (Å²) in [6.07, 6.45) is 4.84. The molecule has 250 valence electrons. The number of carbonyl (C=O) groups excluding carboxylic acids is 2. The molecule has 2 aliphatic heterocycles. The molecular weight excluding hydrogens is 604 g/mol. The molecule has 0 spiro atoms. The maximum absolute atomic E-state index is 13.1. The van der Waals surface area contributed by atoms with Gasteiger partial charge in [0.25, 0.3) is 0 Å². The van der Waals surface area contributed by atoms with E-state index < -0.39 is 0 Å². The van der Waals surface area contributed by atoms with Crippen LogP contribution in [-0.2, 0) is 20.3 Å². The number of aromatic nitrogens is 2. The number of ether oxygens (including phenoxy) is 2. The Hall–Kier alpha value is -4.60. The number of fused-ring (bicyclic) bond motifs is 2. The first-order valence-corrected chi connectivity index (χ1v) is 17.2. The van der Waals surface area contributed by atoms with E-state index in [9.17, 15) is 9.59 Å². The SMILES string of the molecule is CCN=C1CN(c2ncccc2C(=O)OC(C)C)C2C[C@]12c1cccc([C@]23CC2N(c2ncccc2C(=O)OC(C)C)CC3=NCC)c1. The molecule has 4 fully saturated rings. The summed E-state index contributed by atoms with van der Waals surface area (Å²) in [5.41, 5.74) is 5.18. The molecule has 10 nitrogen and oxygen atoms in total. The standard InChI is InChI=1S/C38H44N6O4/c1-7-39-29-21-43(33-27(14-10-16-41-33)35(45)47-23(3)4)31-19-37(29,31)25-12-9-13-26(18-25)38-20-32(38)44(22-30(38)40-8-2)34-28(15-11-17-42-34)36(46)48-24(5)6/h9-18,23-24,31-32H,7-8,19-22H2,1-6H3/t31?,32?,37-,38-/m0/s1. The van der Waals surface area contributed by atoms with Crippen LogP contribution in [0.2, 0.25) is 0 Å². The lowest BCUT2D eigenvalue weighted by Crippen LogP contribution is -2.28. The average Bonchev–Trinajstić information content (AvgIpc) is 3.95. The Morgan fingerprint density at radius 1 is 0.750 bits per heavy atom. The third-order valence-corrected chi connectivity index (χ3v) is 10.1. The van der Waals surface area contributed by atoms with Gasteiger partial charge in [-0.1, -0.05) is 24.3 Å². The quantitative estimate of drug-likeness (QED) is 0.262. The molecule has 3 aromatic rings. The summed E-state index contributed by atoms with van der Waals surface area (Å²) in [6.45, 7) is 14.2. The van der Waals surface area contributed by atoms with E-state index in [0.29, 0.717) is 48.9 Å². The van der Waals surface area contributed by atoms with Gasteiger partial charge < -0.3 is 19.3 Å². The van der Waals surface area contributed by atoms with Crippen molar-refractivity contribution in [3.8, 4) is 0 Å². The molecule has 4 atom stereocenters. The van der Waals surface area contributed by atoms with Crippen LogP contribution in [0.1, 0.15) is 86.2 Å². The minimum absolute atomic E-state index is 0.137. The van der Waals surface area contributed by atoms with Crippen LogP contribution in [0.25, 0.3) is 0 Å². The first-order valence-electron chi connectivity index (χ1n) is 17.2. The van der Waals surface area contributed by atoms with Crippen molar-refractivity contribution >= 4 is 35.0 Å². The van der Waals surface area contributed by atoms with Gasteiger partial charge in [-0.2, -0.15) is 0 Å². The molecule has 4 heterocycles. The second kappa shape index (κ2) is 12.1. The summed E-state index contributed by atoms with van der Waals surface area (Å²) in [6, 6.07) is 16.4. The maximum atomic E-state index is 13.1. The molecule has 2 aliphatic carbocycles. The van der Waals surface area contributed by atoms with E-state index in [0.717, 1.165) is 24.3 Å². The highest BCUT2D eigenvalue weighted by atomic mass is 16.5. The fraction of sp³-hybridized carbons (Fsp3) is 0.474. The van der Waals surface area contributed by atoms with Gasteiger partial charge in [-0.25, -0.2) is 19.6 Å².